The van der Waals surface area contributed by atoms with Crippen molar-refractivity contribution in [3.05, 3.63) is 35.8 Å². The zero-order valence-corrected chi connectivity index (χ0v) is 12.9. The summed E-state index contributed by atoms with van der Waals surface area (Å²) in [6.45, 7) is 2.22. The van der Waals surface area contributed by atoms with Crippen LogP contribution in [0.2, 0.25) is 0 Å². The number of aliphatic hydroxyl groups is 2. The Morgan fingerprint density at radius 2 is 1.43 bits per heavy atom. The van der Waals surface area contributed by atoms with E-state index in [1.807, 2.05) is 6.08 Å². The third-order valence-electron chi connectivity index (χ3n) is 3.17. The molecule has 0 aliphatic carbocycles. The molecule has 120 valence electrons. The molecule has 0 aromatic rings. The van der Waals surface area contributed by atoms with Crippen LogP contribution in [-0.4, -0.2) is 21.3 Å². The Bertz CT molecular complexity index is 367. The van der Waals surface area contributed by atoms with Crippen molar-refractivity contribution in [2.75, 3.05) is 0 Å². The predicted octanol–water partition coefficient (Wildman–Crippen LogP) is 5.04. The molecule has 0 spiro atoms. The first kappa shape index (κ1) is 19.3. The maximum Gasteiger partial charge on any atom is 0.374 e. The largest absolute Gasteiger partial charge is 0.504 e. The van der Waals surface area contributed by atoms with Gasteiger partial charge in [0.05, 0.1) is 0 Å². The van der Waals surface area contributed by atoms with Crippen molar-refractivity contribution in [2.24, 2.45) is 0 Å². The van der Waals surface area contributed by atoms with E-state index < -0.39 is 17.5 Å². The third kappa shape index (κ3) is 11.8. The van der Waals surface area contributed by atoms with E-state index in [2.05, 4.69) is 6.92 Å². The smallest absolute Gasteiger partial charge is 0.374 e. The number of rotatable bonds is 12. The Kier molecular flexibility index (Phi) is 12.2. The van der Waals surface area contributed by atoms with E-state index in [0.717, 1.165) is 18.9 Å². The average Bonchev–Trinajstić information content (AvgIpc) is 2.47. The molecule has 0 aliphatic heterocycles. The number of hydrogen-bond acceptors (Lipinski definition) is 3. The Hall–Kier alpha value is -1.71. The van der Waals surface area contributed by atoms with Crippen molar-refractivity contribution in [1.82, 2.24) is 0 Å². The van der Waals surface area contributed by atoms with E-state index in [4.69, 9.17) is 10.2 Å². The fraction of sp³-hybridized carbons (Fsp3) is 0.588. The lowest BCUT2D eigenvalue weighted by molar-refractivity contribution is -0.135. The predicted molar refractivity (Wildman–Crippen MR) is 85.4 cm³/mol. The number of carbonyl (C=O) groups is 1. The van der Waals surface area contributed by atoms with E-state index in [1.54, 1.807) is 6.08 Å². The fourth-order valence-electron chi connectivity index (χ4n) is 1.91. The van der Waals surface area contributed by atoms with E-state index in [1.165, 1.54) is 51.0 Å². The highest BCUT2D eigenvalue weighted by Gasteiger charge is 2.08. The van der Waals surface area contributed by atoms with Crippen molar-refractivity contribution >= 4 is 5.97 Å². The number of carboxylic acid groups (broad SMARTS) is 1. The quantitative estimate of drug-likeness (QED) is 0.204. The van der Waals surface area contributed by atoms with Crippen LogP contribution in [0.1, 0.15) is 64.7 Å². The fourth-order valence-corrected chi connectivity index (χ4v) is 1.91. The second-order valence-corrected chi connectivity index (χ2v) is 5.09. The van der Waals surface area contributed by atoms with Gasteiger partial charge in [0.15, 0.2) is 5.76 Å². The molecule has 0 saturated heterocycles. The van der Waals surface area contributed by atoms with Crippen molar-refractivity contribution in [1.29, 1.82) is 0 Å². The summed E-state index contributed by atoms with van der Waals surface area (Å²) in [5, 5.41) is 26.5. The number of aliphatic carboxylic acids is 1. The van der Waals surface area contributed by atoms with Crippen LogP contribution in [0.5, 0.6) is 0 Å². The summed E-state index contributed by atoms with van der Waals surface area (Å²) in [4.78, 5) is 10.3. The first-order valence-corrected chi connectivity index (χ1v) is 7.78. The molecular weight excluding hydrogens is 268 g/mol. The molecule has 0 radical (unpaired) electrons. The average molecular weight is 296 g/mol. The van der Waals surface area contributed by atoms with Gasteiger partial charge in [-0.3, -0.25) is 0 Å². The summed E-state index contributed by atoms with van der Waals surface area (Å²) >= 11 is 0. The van der Waals surface area contributed by atoms with Crippen LogP contribution < -0.4 is 0 Å². The lowest BCUT2D eigenvalue weighted by atomic mass is 10.1. The van der Waals surface area contributed by atoms with Crippen LogP contribution >= 0.6 is 0 Å². The molecule has 0 rings (SSSR count). The number of aliphatic hydroxyl groups excluding tert-OH is 2. The van der Waals surface area contributed by atoms with Crippen LogP contribution in [0, 0.1) is 0 Å². The van der Waals surface area contributed by atoms with Crippen LogP contribution in [0.4, 0.5) is 0 Å². The number of carboxylic acids is 1. The number of allylic oxidation sites excluding steroid dienone is 4. The van der Waals surface area contributed by atoms with Crippen molar-refractivity contribution < 1.29 is 20.1 Å². The second-order valence-electron chi connectivity index (χ2n) is 5.09. The van der Waals surface area contributed by atoms with Gasteiger partial charge in [0.2, 0.25) is 5.76 Å². The minimum absolute atomic E-state index is 0.640. The lowest BCUT2D eigenvalue weighted by Gasteiger charge is -1.99. The van der Waals surface area contributed by atoms with Gasteiger partial charge in [0, 0.05) is 0 Å². The summed E-state index contributed by atoms with van der Waals surface area (Å²) < 4.78 is 0. The summed E-state index contributed by atoms with van der Waals surface area (Å²) in [6, 6.07) is 0. The van der Waals surface area contributed by atoms with Gasteiger partial charge in [-0.15, -0.1) is 0 Å². The van der Waals surface area contributed by atoms with E-state index in [9.17, 15) is 9.90 Å². The van der Waals surface area contributed by atoms with Crippen LogP contribution in [0.25, 0.3) is 0 Å². The van der Waals surface area contributed by atoms with Crippen LogP contribution in [0.15, 0.2) is 35.8 Å². The van der Waals surface area contributed by atoms with Crippen LogP contribution in [0.3, 0.4) is 0 Å². The summed E-state index contributed by atoms with van der Waals surface area (Å²) in [7, 11) is 0. The first-order valence-electron chi connectivity index (χ1n) is 7.78. The standard InChI is InChI=1S/C17H28O4/c1-2-3-4-5-6-7-8-9-10-11-12-13-14-15(18)16(19)17(20)21/h11-14,18-19H,2-10H2,1H3,(H,20,21)/b12-11+,14-13+,16-15-. The molecule has 0 amide bonds. The molecule has 0 heterocycles. The van der Waals surface area contributed by atoms with E-state index >= 15 is 0 Å². The highest BCUT2D eigenvalue weighted by molar-refractivity contribution is 5.84. The first-order chi connectivity index (χ1) is 10.1. The van der Waals surface area contributed by atoms with Gasteiger partial charge in [-0.25, -0.2) is 4.79 Å². The molecule has 0 saturated carbocycles. The molecule has 0 atom stereocenters. The van der Waals surface area contributed by atoms with Crippen molar-refractivity contribution in [3.8, 4) is 0 Å². The monoisotopic (exact) mass is 296 g/mol. The second kappa shape index (κ2) is 13.3. The van der Waals surface area contributed by atoms with Crippen molar-refractivity contribution in [3.63, 3.8) is 0 Å². The molecule has 4 nitrogen and oxygen atoms in total. The van der Waals surface area contributed by atoms with Gasteiger partial charge < -0.3 is 15.3 Å². The Labute approximate surface area is 127 Å². The van der Waals surface area contributed by atoms with Gasteiger partial charge in [0.1, 0.15) is 0 Å². The minimum Gasteiger partial charge on any atom is -0.504 e. The highest BCUT2D eigenvalue weighted by Crippen LogP contribution is 2.09. The zero-order valence-electron chi connectivity index (χ0n) is 12.9. The van der Waals surface area contributed by atoms with Crippen LogP contribution in [-0.2, 0) is 4.79 Å². The molecular formula is C17H28O4. The molecule has 0 fully saturated rings. The summed E-state index contributed by atoms with van der Waals surface area (Å²) in [6.07, 6.45) is 17.6. The van der Waals surface area contributed by atoms with Gasteiger partial charge >= 0.3 is 5.97 Å². The highest BCUT2D eigenvalue weighted by atomic mass is 16.4. The Morgan fingerprint density at radius 3 is 2.00 bits per heavy atom. The molecule has 21 heavy (non-hydrogen) atoms. The Morgan fingerprint density at radius 1 is 0.857 bits per heavy atom. The van der Waals surface area contributed by atoms with Gasteiger partial charge in [-0.05, 0) is 18.9 Å². The third-order valence-corrected chi connectivity index (χ3v) is 3.17. The molecule has 4 heteroatoms. The zero-order chi connectivity index (χ0) is 15.9. The Balaban J connectivity index is 3.61. The van der Waals surface area contributed by atoms with Gasteiger partial charge in [-0.1, -0.05) is 70.1 Å². The molecule has 3 N–H and O–H groups in total. The van der Waals surface area contributed by atoms with E-state index in [-0.39, 0.29) is 0 Å². The molecule has 0 aromatic heterocycles. The maximum atomic E-state index is 10.3. The number of unbranched alkanes of at least 4 members (excludes halogenated alkanes) is 8. The lowest BCUT2D eigenvalue weighted by Crippen LogP contribution is -2.02. The molecule has 0 bridgehead atoms. The topological polar surface area (TPSA) is 77.8 Å². The SMILES string of the molecule is CCCCCCCCCC/C=C/C=C/C(O)=C(/O)C(=O)O. The summed E-state index contributed by atoms with van der Waals surface area (Å²) in [5.74, 6) is -3.22. The van der Waals surface area contributed by atoms with E-state index in [0.29, 0.717) is 0 Å². The van der Waals surface area contributed by atoms with Gasteiger partial charge in [0.25, 0.3) is 0 Å². The van der Waals surface area contributed by atoms with Gasteiger partial charge in [-0.2, -0.15) is 0 Å². The normalized spacial score (nSPS) is 13.0. The van der Waals surface area contributed by atoms with Crippen molar-refractivity contribution in [2.45, 2.75) is 64.7 Å². The minimum atomic E-state index is -1.54. The molecule has 0 unspecified atom stereocenters. The molecule has 0 aliphatic rings. The number of hydrogen-bond donors (Lipinski definition) is 3. The maximum absolute atomic E-state index is 10.3. The summed E-state index contributed by atoms with van der Waals surface area (Å²) in [5.41, 5.74) is 0. The molecule has 0 aromatic carbocycles.